The van der Waals surface area contributed by atoms with Crippen molar-refractivity contribution in [3.05, 3.63) is 47.2 Å². The summed E-state index contributed by atoms with van der Waals surface area (Å²) in [5.74, 6) is 2.15. The zero-order chi connectivity index (χ0) is 20.5. The van der Waals surface area contributed by atoms with Gasteiger partial charge in [0, 0.05) is 24.6 Å². The Labute approximate surface area is 169 Å². The van der Waals surface area contributed by atoms with E-state index in [0.717, 1.165) is 24.6 Å². The summed E-state index contributed by atoms with van der Waals surface area (Å²) >= 11 is 0. The van der Waals surface area contributed by atoms with E-state index in [0.29, 0.717) is 17.8 Å². The summed E-state index contributed by atoms with van der Waals surface area (Å²) in [6, 6.07) is 10.7. The van der Waals surface area contributed by atoms with Crippen LogP contribution >= 0.6 is 0 Å². The molecule has 5 nitrogen and oxygen atoms in total. The molecule has 0 bridgehead atoms. The zero-order valence-electron chi connectivity index (χ0n) is 18.0. The fourth-order valence-electron chi connectivity index (χ4n) is 3.87. The van der Waals surface area contributed by atoms with E-state index in [9.17, 15) is 5.11 Å². The number of fused-ring (bicyclic) bond motifs is 1. The van der Waals surface area contributed by atoms with Gasteiger partial charge in [-0.05, 0) is 23.0 Å². The molecule has 1 aliphatic rings. The quantitative estimate of drug-likeness (QED) is 0.779. The van der Waals surface area contributed by atoms with Crippen LogP contribution < -0.4 is 10.2 Å². The number of nitrogens with zero attached hydrogens (tertiary/aromatic N) is 3. The molecule has 5 heteroatoms. The van der Waals surface area contributed by atoms with Crippen LogP contribution in [0.1, 0.15) is 64.3 Å². The van der Waals surface area contributed by atoms with Gasteiger partial charge in [0.1, 0.15) is 5.82 Å². The lowest BCUT2D eigenvalue weighted by atomic mass is 9.78. The number of rotatable bonds is 6. The van der Waals surface area contributed by atoms with Gasteiger partial charge in [-0.15, -0.1) is 0 Å². The van der Waals surface area contributed by atoms with Crippen LogP contribution in [0.5, 0.6) is 0 Å². The number of aliphatic hydroxyl groups is 1. The number of aromatic nitrogens is 2. The van der Waals surface area contributed by atoms with Crippen molar-refractivity contribution in [2.75, 3.05) is 23.4 Å². The maximum absolute atomic E-state index is 9.70. The Hall–Kier alpha value is -2.14. The van der Waals surface area contributed by atoms with E-state index >= 15 is 0 Å². The van der Waals surface area contributed by atoms with Crippen molar-refractivity contribution in [1.29, 1.82) is 0 Å². The van der Waals surface area contributed by atoms with Crippen molar-refractivity contribution in [1.82, 2.24) is 9.97 Å². The second kappa shape index (κ2) is 8.08. The highest BCUT2D eigenvalue weighted by atomic mass is 16.3. The first kappa shape index (κ1) is 20.6. The number of aliphatic hydroxyl groups excluding tert-OH is 1. The van der Waals surface area contributed by atoms with Crippen LogP contribution in [0.2, 0.25) is 0 Å². The molecule has 0 saturated heterocycles. The average Bonchev–Trinajstić information content (AvgIpc) is 2.65. The summed E-state index contributed by atoms with van der Waals surface area (Å²) in [6.07, 6.45) is 0. The molecule has 2 aromatic rings. The minimum Gasteiger partial charge on any atom is -0.394 e. The Morgan fingerprint density at radius 2 is 1.86 bits per heavy atom. The Morgan fingerprint density at radius 3 is 2.50 bits per heavy atom. The van der Waals surface area contributed by atoms with E-state index in [1.807, 2.05) is 0 Å². The van der Waals surface area contributed by atoms with E-state index < -0.39 is 0 Å². The Bertz CT molecular complexity index is 816. The molecule has 152 valence electrons. The lowest BCUT2D eigenvalue weighted by Crippen LogP contribution is -2.42. The Kier molecular flexibility index (Phi) is 5.94. The molecule has 1 atom stereocenters. The fraction of sp³-hybridized carbons (Fsp3) is 0.565. The molecule has 0 saturated carbocycles. The smallest absolute Gasteiger partial charge is 0.225 e. The zero-order valence-corrected chi connectivity index (χ0v) is 18.0. The van der Waals surface area contributed by atoms with Crippen molar-refractivity contribution in [2.24, 2.45) is 5.92 Å². The summed E-state index contributed by atoms with van der Waals surface area (Å²) in [5.41, 5.74) is 3.85. The maximum Gasteiger partial charge on any atom is 0.225 e. The number of hydrogen-bond acceptors (Lipinski definition) is 5. The lowest BCUT2D eigenvalue weighted by Gasteiger charge is -2.40. The molecule has 1 aromatic carbocycles. The third kappa shape index (κ3) is 4.30. The average molecular weight is 383 g/mol. The normalized spacial score (nSPS) is 17.0. The second-order valence-electron chi connectivity index (χ2n) is 9.20. The van der Waals surface area contributed by atoms with E-state index in [1.54, 1.807) is 0 Å². The first-order valence-electron chi connectivity index (χ1n) is 10.3. The van der Waals surface area contributed by atoms with Crippen LogP contribution in [0, 0.1) is 5.92 Å². The van der Waals surface area contributed by atoms with Crippen molar-refractivity contribution in [3.8, 4) is 0 Å². The molecule has 0 aliphatic carbocycles. The van der Waals surface area contributed by atoms with E-state index in [4.69, 9.17) is 9.97 Å². The van der Waals surface area contributed by atoms with Crippen LogP contribution in [0.4, 0.5) is 11.8 Å². The van der Waals surface area contributed by atoms with Gasteiger partial charge in [0.25, 0.3) is 0 Å². The van der Waals surface area contributed by atoms with Gasteiger partial charge in [-0.1, -0.05) is 65.8 Å². The highest BCUT2D eigenvalue weighted by molar-refractivity contribution is 5.51. The molecule has 1 aromatic heterocycles. The molecule has 0 spiro atoms. The summed E-state index contributed by atoms with van der Waals surface area (Å²) < 4.78 is 0. The predicted molar refractivity (Wildman–Crippen MR) is 116 cm³/mol. The van der Waals surface area contributed by atoms with Gasteiger partial charge in [-0.25, -0.2) is 4.98 Å². The van der Waals surface area contributed by atoms with Crippen molar-refractivity contribution in [3.63, 3.8) is 0 Å². The summed E-state index contributed by atoms with van der Waals surface area (Å²) in [4.78, 5) is 11.9. The molecule has 0 fully saturated rings. The van der Waals surface area contributed by atoms with Crippen LogP contribution in [-0.4, -0.2) is 34.3 Å². The van der Waals surface area contributed by atoms with Gasteiger partial charge in [0.2, 0.25) is 5.95 Å². The minimum atomic E-state index is -0.0613. The molecule has 1 aliphatic heterocycles. The molecular weight excluding hydrogens is 348 g/mol. The Balaban J connectivity index is 1.97. The molecule has 28 heavy (non-hydrogen) atoms. The molecule has 3 rings (SSSR count). The van der Waals surface area contributed by atoms with Crippen LogP contribution in [0.3, 0.4) is 0 Å². The molecule has 2 heterocycles. The van der Waals surface area contributed by atoms with Gasteiger partial charge in [-0.3, -0.25) is 0 Å². The summed E-state index contributed by atoms with van der Waals surface area (Å²) in [5, 5.41) is 13.0. The van der Waals surface area contributed by atoms with Crippen LogP contribution in [0.15, 0.2) is 30.3 Å². The van der Waals surface area contributed by atoms with E-state index in [2.05, 4.69) is 82.1 Å². The van der Waals surface area contributed by atoms with E-state index in [-0.39, 0.29) is 18.1 Å². The van der Waals surface area contributed by atoms with Gasteiger partial charge >= 0.3 is 0 Å². The van der Waals surface area contributed by atoms with Gasteiger partial charge in [0.05, 0.1) is 18.3 Å². The van der Waals surface area contributed by atoms with Crippen molar-refractivity contribution < 1.29 is 5.11 Å². The summed E-state index contributed by atoms with van der Waals surface area (Å²) in [6.45, 7) is 14.9. The second-order valence-corrected chi connectivity index (χ2v) is 9.20. The number of benzene rings is 1. The predicted octanol–water partition coefficient (Wildman–Crippen LogP) is 4.33. The molecule has 2 N–H and O–H groups in total. The molecule has 0 radical (unpaired) electrons. The van der Waals surface area contributed by atoms with Crippen molar-refractivity contribution in [2.45, 2.75) is 65.5 Å². The third-order valence-electron chi connectivity index (χ3n) is 5.66. The summed E-state index contributed by atoms with van der Waals surface area (Å²) in [7, 11) is 0. The lowest BCUT2D eigenvalue weighted by molar-refractivity contribution is 0.248. The number of anilines is 2. The van der Waals surface area contributed by atoms with Gasteiger partial charge in [-0.2, -0.15) is 4.98 Å². The van der Waals surface area contributed by atoms with Gasteiger partial charge in [0.15, 0.2) is 0 Å². The first-order chi connectivity index (χ1) is 13.2. The SMILES string of the molecule is CC(C)c1cc(N2Cc3ccccc3C(C)(C)C2)nc(N[C@H](CO)C(C)C)n1. The first-order valence-corrected chi connectivity index (χ1v) is 10.3. The molecule has 0 unspecified atom stereocenters. The third-order valence-corrected chi connectivity index (χ3v) is 5.66. The van der Waals surface area contributed by atoms with Gasteiger partial charge < -0.3 is 15.3 Å². The highest BCUT2D eigenvalue weighted by Gasteiger charge is 2.32. The Morgan fingerprint density at radius 1 is 1.14 bits per heavy atom. The van der Waals surface area contributed by atoms with E-state index in [1.165, 1.54) is 11.1 Å². The molecule has 0 amide bonds. The maximum atomic E-state index is 9.70. The standard InChI is InChI=1S/C23H34N4O/c1-15(2)19-11-21(26-22(24-19)25-20(13-28)16(3)4)27-12-17-9-7-8-10-18(17)23(5,6)14-27/h7-11,15-16,20,28H,12-14H2,1-6H3,(H,24,25,26)/t20-/m1/s1. The minimum absolute atomic E-state index is 0.0525. The highest BCUT2D eigenvalue weighted by Crippen LogP contribution is 2.35. The van der Waals surface area contributed by atoms with Crippen molar-refractivity contribution >= 4 is 11.8 Å². The largest absolute Gasteiger partial charge is 0.394 e. The van der Waals surface area contributed by atoms with Crippen LogP contribution in [0.25, 0.3) is 0 Å². The number of hydrogen-bond donors (Lipinski definition) is 2. The topological polar surface area (TPSA) is 61.3 Å². The monoisotopic (exact) mass is 382 g/mol. The fourth-order valence-corrected chi connectivity index (χ4v) is 3.87. The molecular formula is C23H34N4O. The van der Waals surface area contributed by atoms with Crippen LogP contribution in [-0.2, 0) is 12.0 Å². The number of nitrogens with one attached hydrogen (secondary N) is 1.